The summed E-state index contributed by atoms with van der Waals surface area (Å²) in [5.41, 5.74) is 1.42. The van der Waals surface area contributed by atoms with E-state index in [0.29, 0.717) is 32.5 Å². The maximum absolute atomic E-state index is 14.2. The third-order valence-electron chi connectivity index (χ3n) is 12.1. The Morgan fingerprint density at radius 3 is 2.19 bits per heavy atom. The van der Waals surface area contributed by atoms with Gasteiger partial charge in [-0.3, -0.25) is 9.69 Å². The minimum atomic E-state index is -1.86. The van der Waals surface area contributed by atoms with Crippen molar-refractivity contribution in [2.24, 2.45) is 23.5 Å². The number of hydrogen-bond acceptors (Lipinski definition) is 15. The van der Waals surface area contributed by atoms with Crippen molar-refractivity contribution in [2.75, 3.05) is 40.8 Å². The van der Waals surface area contributed by atoms with Crippen LogP contribution in [0.15, 0.2) is 0 Å². The fourth-order valence-corrected chi connectivity index (χ4v) is 9.22. The van der Waals surface area contributed by atoms with Crippen LogP contribution >= 0.6 is 22.6 Å². The van der Waals surface area contributed by atoms with E-state index in [4.69, 9.17) is 34.2 Å². The fourth-order valence-electron chi connectivity index (χ4n) is 8.60. The summed E-state index contributed by atoms with van der Waals surface area (Å²) in [4.78, 5) is 18.1. The number of halogens is 1. The molecule has 3 heterocycles. The highest BCUT2D eigenvalue weighted by Gasteiger charge is 2.52. The van der Waals surface area contributed by atoms with Gasteiger partial charge in [-0.25, -0.2) is 0 Å². The summed E-state index contributed by atoms with van der Waals surface area (Å²) in [6.07, 6.45) is -6.93. The number of cyclic esters (lactones) is 1. The fraction of sp³-hybridized carbons (Fsp3) is 0.974. The van der Waals surface area contributed by atoms with Gasteiger partial charge in [-0.15, -0.1) is 0 Å². The molecule has 3 aliphatic rings. The van der Waals surface area contributed by atoms with Crippen molar-refractivity contribution >= 4 is 28.6 Å². The van der Waals surface area contributed by atoms with Gasteiger partial charge in [-0.2, -0.15) is 0 Å². The van der Waals surface area contributed by atoms with Crippen LogP contribution in [0.5, 0.6) is 0 Å². The van der Waals surface area contributed by atoms with Crippen LogP contribution in [0.4, 0.5) is 0 Å². The van der Waals surface area contributed by atoms with E-state index in [9.17, 15) is 30.3 Å². The van der Waals surface area contributed by atoms with Gasteiger partial charge in [-0.1, -0.05) is 13.8 Å². The molecule has 0 amide bonds. The van der Waals surface area contributed by atoms with E-state index in [1.807, 2.05) is 74.2 Å². The minimum Gasteiger partial charge on any atom is -0.448 e. The average molecular weight is 890 g/mol. The van der Waals surface area contributed by atoms with E-state index >= 15 is 0 Å². The lowest BCUT2D eigenvalue weighted by Crippen LogP contribution is -2.60. The van der Waals surface area contributed by atoms with Crippen LogP contribution in [0.2, 0.25) is 0 Å². The molecular weight excluding hydrogens is 817 g/mol. The van der Waals surface area contributed by atoms with Crippen LogP contribution in [0.1, 0.15) is 88.0 Å². The molecule has 3 rings (SSSR count). The first-order valence-electron chi connectivity index (χ1n) is 19.5. The molecule has 0 aromatic carbocycles. The van der Waals surface area contributed by atoms with Gasteiger partial charge in [0.1, 0.15) is 23.9 Å². The van der Waals surface area contributed by atoms with E-state index in [-0.39, 0.29) is 30.9 Å². The summed E-state index contributed by atoms with van der Waals surface area (Å²) in [6, 6.07) is -0.862. The van der Waals surface area contributed by atoms with Crippen LogP contribution in [-0.4, -0.2) is 170 Å². The Kier molecular flexibility index (Phi) is 17.5. The lowest BCUT2D eigenvalue weighted by atomic mass is 9.77. The topological polar surface area (TPSA) is 206 Å². The van der Waals surface area contributed by atoms with Crippen molar-refractivity contribution in [3.63, 3.8) is 0 Å². The number of nitrogens with zero attached hydrogens (tertiary/aromatic N) is 2. The van der Waals surface area contributed by atoms with Crippen molar-refractivity contribution in [3.8, 4) is 0 Å². The SMILES string of the molecule is CO[C@]1(C)C[C@H](O[C@H]2[C@H](C)[C@@H](O[C@@H]3O[C@H](C)C[C@H](N(C)C)[C@H]3O)[C@](C)(O)C[C@@H](C)CN(CCCN)[C@H](C)[C@@H](O)[C@](C)(O)[C@@H](I)OC(=O)[C@@H]2C)O[C@@H](C)[C@@H]1O. The number of aliphatic hydroxyl groups is 5. The molecule has 0 saturated carbocycles. The third kappa shape index (κ3) is 11.2. The summed E-state index contributed by atoms with van der Waals surface area (Å²) >= 11 is 1.83. The molecule has 3 aliphatic heterocycles. The van der Waals surface area contributed by atoms with E-state index in [0.717, 1.165) is 0 Å². The number of aliphatic hydroxyl groups excluding tert-OH is 3. The van der Waals surface area contributed by atoms with E-state index in [2.05, 4.69) is 0 Å². The van der Waals surface area contributed by atoms with E-state index in [1.165, 1.54) is 14.0 Å². The summed E-state index contributed by atoms with van der Waals surface area (Å²) in [5, 5.41) is 58.4. The molecule has 3 fully saturated rings. The van der Waals surface area contributed by atoms with Crippen LogP contribution in [0.3, 0.4) is 0 Å². The van der Waals surface area contributed by atoms with Gasteiger partial charge >= 0.3 is 5.97 Å². The van der Waals surface area contributed by atoms with Crippen molar-refractivity contribution in [1.82, 2.24) is 9.80 Å². The Bertz CT molecular complexity index is 1190. The third-order valence-corrected chi connectivity index (χ3v) is 13.6. The number of alkyl halides is 1. The number of ether oxygens (including phenoxy) is 6. The molecule has 0 radical (unpaired) electrons. The van der Waals surface area contributed by atoms with Gasteiger partial charge in [0.2, 0.25) is 0 Å². The first kappa shape index (κ1) is 48.1. The van der Waals surface area contributed by atoms with E-state index in [1.54, 1.807) is 27.7 Å². The normalized spacial score (nSPS) is 48.2. The Morgan fingerprint density at radius 1 is 0.981 bits per heavy atom. The highest BCUT2D eigenvalue weighted by atomic mass is 127. The smallest absolute Gasteiger partial charge is 0.312 e. The lowest BCUT2D eigenvalue weighted by molar-refractivity contribution is -0.317. The quantitative estimate of drug-likeness (QED) is 0.111. The van der Waals surface area contributed by atoms with Crippen LogP contribution < -0.4 is 5.73 Å². The Labute approximate surface area is 336 Å². The van der Waals surface area contributed by atoms with Crippen LogP contribution in [0, 0.1) is 17.8 Å². The van der Waals surface area contributed by atoms with Crippen molar-refractivity contribution in [1.29, 1.82) is 0 Å². The Balaban J connectivity index is 2.18. The molecular formula is C38H72IN3O12. The summed E-state index contributed by atoms with van der Waals surface area (Å²) in [5.74, 6) is -2.70. The zero-order chi connectivity index (χ0) is 41.1. The molecule has 0 aromatic heterocycles. The lowest BCUT2D eigenvalue weighted by Gasteiger charge is -2.48. The zero-order valence-corrected chi connectivity index (χ0v) is 36.7. The molecule has 318 valence electrons. The van der Waals surface area contributed by atoms with Gasteiger partial charge in [-0.05, 0) is 123 Å². The summed E-state index contributed by atoms with van der Waals surface area (Å²) in [6.45, 7) is 17.1. The Hall–Kier alpha value is -0.320. The molecule has 0 aliphatic carbocycles. The molecule has 0 spiro atoms. The van der Waals surface area contributed by atoms with Crippen molar-refractivity contribution in [3.05, 3.63) is 0 Å². The van der Waals surface area contributed by atoms with Crippen molar-refractivity contribution < 1.29 is 58.7 Å². The monoisotopic (exact) mass is 889 g/mol. The zero-order valence-electron chi connectivity index (χ0n) is 34.6. The molecule has 3 saturated heterocycles. The van der Waals surface area contributed by atoms with Crippen LogP contribution in [-0.2, 0) is 33.2 Å². The average Bonchev–Trinajstić information content (AvgIpc) is 3.09. The number of carbonyl (C=O) groups excluding carboxylic acids is 1. The van der Waals surface area contributed by atoms with Crippen LogP contribution in [0.25, 0.3) is 0 Å². The molecule has 54 heavy (non-hydrogen) atoms. The minimum absolute atomic E-state index is 0.123. The van der Waals surface area contributed by atoms with Gasteiger partial charge in [0.05, 0.1) is 41.5 Å². The molecule has 0 unspecified atom stereocenters. The number of hydrogen-bond donors (Lipinski definition) is 6. The highest BCUT2D eigenvalue weighted by Crippen LogP contribution is 2.40. The molecule has 0 bridgehead atoms. The van der Waals surface area contributed by atoms with Gasteiger partial charge < -0.3 is 64.6 Å². The molecule has 18 atom stereocenters. The van der Waals surface area contributed by atoms with Gasteiger partial charge in [0.15, 0.2) is 16.7 Å². The number of methoxy groups -OCH3 is 1. The number of carbonyl (C=O) groups is 1. The summed E-state index contributed by atoms with van der Waals surface area (Å²) < 4.78 is 36.3. The molecule has 7 N–H and O–H groups in total. The largest absolute Gasteiger partial charge is 0.448 e. The number of nitrogens with two attached hydrogens (primary N) is 1. The predicted octanol–water partition coefficient (Wildman–Crippen LogP) is 1.60. The van der Waals surface area contributed by atoms with Crippen molar-refractivity contribution in [2.45, 2.75) is 176 Å². The first-order valence-corrected chi connectivity index (χ1v) is 20.8. The second-order valence-corrected chi connectivity index (χ2v) is 18.4. The molecule has 0 aromatic rings. The Morgan fingerprint density at radius 2 is 1.61 bits per heavy atom. The number of esters is 1. The first-order chi connectivity index (χ1) is 24.9. The second-order valence-electron chi connectivity index (χ2n) is 17.3. The van der Waals surface area contributed by atoms with Gasteiger partial charge in [0.25, 0.3) is 0 Å². The maximum Gasteiger partial charge on any atom is 0.312 e. The highest BCUT2D eigenvalue weighted by molar-refractivity contribution is 14.1. The molecule has 15 nitrogen and oxygen atoms in total. The standard InChI is InChI=1S/C38H72IN3O12/c1-20-17-36(7,47)32(53-34-28(43)26(41(10)11)16-21(2)50-34)22(3)29(52-27-18-37(8,49-12)31(45)25(6)51-27)23(4)33(46)54-35(39)38(9,48)30(44)24(5)42(19-20)15-13-14-40/h20-32,34-35,43-45,47-48H,13-19,40H2,1-12H3/t20-,21-,22+,23-,24-,25+,26+,27+,28-,29+,30-,31+,32-,34+,35+,36-,37-,38+/m1/s1. The second kappa shape index (κ2) is 19.6. The number of rotatable bonds is 9. The number of likely N-dealkylation sites (N-methyl/N-ethyl adjacent to an activating group) is 1. The maximum atomic E-state index is 14.2. The van der Waals surface area contributed by atoms with Gasteiger partial charge in [0, 0.05) is 38.1 Å². The molecule has 16 heteroatoms. The predicted molar refractivity (Wildman–Crippen MR) is 211 cm³/mol. The summed E-state index contributed by atoms with van der Waals surface area (Å²) in [7, 11) is 5.27. The van der Waals surface area contributed by atoms with E-state index < -0.39 is 94.0 Å².